The van der Waals surface area contributed by atoms with Crippen LogP contribution in [0, 0.1) is 0 Å². The maximum atomic E-state index is 13.1. The number of alkyl halides is 3. The molecule has 5 nitrogen and oxygen atoms in total. The van der Waals surface area contributed by atoms with E-state index in [9.17, 15) is 22.8 Å². The lowest BCUT2D eigenvalue weighted by Crippen LogP contribution is -2.72. The minimum atomic E-state index is -5.00. The van der Waals surface area contributed by atoms with Gasteiger partial charge in [-0.25, -0.2) is 4.79 Å². The van der Waals surface area contributed by atoms with Crippen molar-refractivity contribution in [3.05, 3.63) is 0 Å². The molecule has 0 saturated heterocycles. The number of ether oxygens (including phenoxy) is 1. The highest BCUT2D eigenvalue weighted by molar-refractivity contribution is 5.87. The first kappa shape index (κ1) is 16.7. The molecular formula is C10H17F3N2O3. The van der Waals surface area contributed by atoms with E-state index >= 15 is 0 Å². The fraction of sp³-hybridized carbons (Fsp3) is 0.800. The van der Waals surface area contributed by atoms with Crippen LogP contribution in [0.15, 0.2) is 0 Å². The predicted molar refractivity (Wildman–Crippen MR) is 57.5 cm³/mol. The zero-order valence-corrected chi connectivity index (χ0v) is 10.5. The maximum absolute atomic E-state index is 13.1. The summed E-state index contributed by atoms with van der Waals surface area (Å²) in [5.74, 6) is -2.55. The van der Waals surface area contributed by atoms with E-state index in [0.29, 0.717) is 6.42 Å². The molecule has 1 amide bonds. The molecule has 0 aliphatic carbocycles. The first-order chi connectivity index (χ1) is 8.21. The highest BCUT2D eigenvalue weighted by atomic mass is 19.4. The van der Waals surface area contributed by atoms with Crippen LogP contribution in [-0.2, 0) is 14.3 Å². The zero-order chi connectivity index (χ0) is 14.4. The summed E-state index contributed by atoms with van der Waals surface area (Å²) in [7, 11) is 0. The van der Waals surface area contributed by atoms with Gasteiger partial charge in [0.25, 0.3) is 5.66 Å². The Balaban J connectivity index is 5.39. The zero-order valence-electron chi connectivity index (χ0n) is 10.5. The monoisotopic (exact) mass is 270 g/mol. The standard InChI is InChI=1S/C10H17F3N2O3/c1-4-6-14-9(10(11,12)13,15-7(3)16)8(17)18-5-2/h14H,4-6H2,1-3H3,(H,15,16). The molecule has 18 heavy (non-hydrogen) atoms. The molecule has 0 aromatic rings. The summed E-state index contributed by atoms with van der Waals surface area (Å²) < 4.78 is 43.6. The van der Waals surface area contributed by atoms with E-state index in [1.54, 1.807) is 12.2 Å². The van der Waals surface area contributed by atoms with Crippen molar-refractivity contribution >= 4 is 11.9 Å². The van der Waals surface area contributed by atoms with Gasteiger partial charge in [-0.05, 0) is 19.9 Å². The van der Waals surface area contributed by atoms with E-state index < -0.39 is 23.7 Å². The smallest absolute Gasteiger partial charge is 0.436 e. The average molecular weight is 270 g/mol. The van der Waals surface area contributed by atoms with E-state index in [0.717, 1.165) is 6.92 Å². The molecule has 106 valence electrons. The second kappa shape index (κ2) is 6.58. The molecule has 0 heterocycles. The minimum absolute atomic E-state index is 0.0986. The van der Waals surface area contributed by atoms with Crippen molar-refractivity contribution in [1.82, 2.24) is 10.6 Å². The molecule has 1 atom stereocenters. The molecule has 0 aromatic heterocycles. The third-order valence-corrected chi connectivity index (χ3v) is 2.01. The maximum Gasteiger partial charge on any atom is 0.436 e. The molecule has 0 spiro atoms. The van der Waals surface area contributed by atoms with Gasteiger partial charge in [0.15, 0.2) is 0 Å². The molecule has 1 unspecified atom stereocenters. The van der Waals surface area contributed by atoms with E-state index in [2.05, 4.69) is 4.74 Å². The van der Waals surface area contributed by atoms with Crippen LogP contribution in [0.4, 0.5) is 13.2 Å². The molecule has 0 fully saturated rings. The summed E-state index contributed by atoms with van der Waals surface area (Å²) >= 11 is 0. The summed E-state index contributed by atoms with van der Waals surface area (Å²) in [6, 6.07) is 0. The third-order valence-electron chi connectivity index (χ3n) is 2.01. The molecule has 2 N–H and O–H groups in total. The molecule has 0 aliphatic heterocycles. The van der Waals surface area contributed by atoms with E-state index in [1.165, 1.54) is 6.92 Å². The molecule has 0 aromatic carbocycles. The molecule has 0 rings (SSSR count). The summed E-state index contributed by atoms with van der Waals surface area (Å²) in [6.45, 7) is 3.59. The van der Waals surface area contributed by atoms with Crippen molar-refractivity contribution in [2.75, 3.05) is 13.2 Å². The largest absolute Gasteiger partial charge is 0.463 e. The van der Waals surface area contributed by atoms with Crippen LogP contribution in [0.2, 0.25) is 0 Å². The van der Waals surface area contributed by atoms with Crippen LogP contribution >= 0.6 is 0 Å². The molecule has 0 radical (unpaired) electrons. The first-order valence-corrected chi connectivity index (χ1v) is 5.49. The van der Waals surface area contributed by atoms with Gasteiger partial charge < -0.3 is 10.1 Å². The van der Waals surface area contributed by atoms with Gasteiger partial charge in [0.2, 0.25) is 5.91 Å². The Labute approximate surface area is 103 Å². The Bertz CT molecular complexity index is 307. The third kappa shape index (κ3) is 3.86. The molecule has 8 heteroatoms. The predicted octanol–water partition coefficient (Wildman–Crippen LogP) is 0.944. The summed E-state index contributed by atoms with van der Waals surface area (Å²) in [5, 5.41) is 3.61. The lowest BCUT2D eigenvalue weighted by molar-refractivity contribution is -0.221. The van der Waals surface area contributed by atoms with Gasteiger partial charge >= 0.3 is 12.1 Å². The number of nitrogens with one attached hydrogen (secondary N) is 2. The van der Waals surface area contributed by atoms with Gasteiger partial charge in [-0.1, -0.05) is 6.92 Å². The fourth-order valence-electron chi connectivity index (χ4n) is 1.27. The number of carbonyl (C=O) groups is 2. The summed E-state index contributed by atoms with van der Waals surface area (Å²) in [6.07, 6.45) is -4.64. The van der Waals surface area contributed by atoms with Gasteiger partial charge in [-0.3, -0.25) is 10.1 Å². The van der Waals surface area contributed by atoms with Crippen molar-refractivity contribution in [2.24, 2.45) is 0 Å². The lowest BCUT2D eigenvalue weighted by Gasteiger charge is -2.34. The average Bonchev–Trinajstić information content (AvgIpc) is 2.22. The van der Waals surface area contributed by atoms with Crippen molar-refractivity contribution in [3.63, 3.8) is 0 Å². The Morgan fingerprint density at radius 1 is 1.22 bits per heavy atom. The number of rotatable bonds is 6. The van der Waals surface area contributed by atoms with Crippen LogP contribution in [0.25, 0.3) is 0 Å². The topological polar surface area (TPSA) is 67.4 Å². The second-order valence-electron chi connectivity index (χ2n) is 3.58. The molecule has 0 saturated carbocycles. The first-order valence-electron chi connectivity index (χ1n) is 5.49. The van der Waals surface area contributed by atoms with Crippen molar-refractivity contribution < 1.29 is 27.5 Å². The Kier molecular flexibility index (Phi) is 6.10. The number of hydrogen-bond acceptors (Lipinski definition) is 4. The van der Waals surface area contributed by atoms with E-state index in [4.69, 9.17) is 0 Å². The molecule has 0 aliphatic rings. The Morgan fingerprint density at radius 2 is 1.78 bits per heavy atom. The van der Waals surface area contributed by atoms with Gasteiger partial charge in [0.05, 0.1) is 6.61 Å². The van der Waals surface area contributed by atoms with Crippen LogP contribution < -0.4 is 10.6 Å². The SMILES string of the molecule is CCCNC(NC(C)=O)(C(=O)OCC)C(F)(F)F. The van der Waals surface area contributed by atoms with Crippen molar-refractivity contribution in [3.8, 4) is 0 Å². The normalized spacial score (nSPS) is 14.8. The van der Waals surface area contributed by atoms with E-state index in [-0.39, 0.29) is 13.2 Å². The number of carbonyl (C=O) groups excluding carboxylic acids is 2. The number of amides is 1. The van der Waals surface area contributed by atoms with Gasteiger partial charge in [0.1, 0.15) is 0 Å². The van der Waals surface area contributed by atoms with E-state index in [1.807, 2.05) is 5.32 Å². The highest BCUT2D eigenvalue weighted by Crippen LogP contribution is 2.29. The molecular weight excluding hydrogens is 253 g/mol. The van der Waals surface area contributed by atoms with Crippen LogP contribution in [0.1, 0.15) is 27.2 Å². The van der Waals surface area contributed by atoms with Crippen LogP contribution in [0.3, 0.4) is 0 Å². The highest BCUT2D eigenvalue weighted by Gasteiger charge is 2.62. The van der Waals surface area contributed by atoms with Crippen molar-refractivity contribution in [2.45, 2.75) is 39.0 Å². The lowest BCUT2D eigenvalue weighted by atomic mass is 10.1. The number of halogens is 3. The molecule has 0 bridgehead atoms. The number of hydrogen-bond donors (Lipinski definition) is 2. The van der Waals surface area contributed by atoms with Gasteiger partial charge in [-0.15, -0.1) is 0 Å². The Hall–Kier alpha value is -1.31. The second-order valence-corrected chi connectivity index (χ2v) is 3.58. The number of esters is 1. The Morgan fingerprint density at radius 3 is 2.11 bits per heavy atom. The van der Waals surface area contributed by atoms with Gasteiger partial charge in [0, 0.05) is 6.92 Å². The quantitative estimate of drug-likeness (QED) is 0.557. The minimum Gasteiger partial charge on any atom is -0.463 e. The summed E-state index contributed by atoms with van der Waals surface area (Å²) in [4.78, 5) is 22.5. The fourth-order valence-corrected chi connectivity index (χ4v) is 1.27. The van der Waals surface area contributed by atoms with Crippen molar-refractivity contribution in [1.29, 1.82) is 0 Å². The summed E-state index contributed by atoms with van der Waals surface area (Å²) in [5.41, 5.74) is -3.19. The van der Waals surface area contributed by atoms with Crippen LogP contribution in [-0.4, -0.2) is 36.9 Å². The van der Waals surface area contributed by atoms with Crippen LogP contribution in [0.5, 0.6) is 0 Å². The van der Waals surface area contributed by atoms with Gasteiger partial charge in [-0.2, -0.15) is 13.2 Å².